The number of ether oxygens (including phenoxy) is 1. The zero-order valence-electron chi connectivity index (χ0n) is 10.8. The summed E-state index contributed by atoms with van der Waals surface area (Å²) in [6.45, 7) is 6.59. The molecule has 0 N–H and O–H groups in total. The van der Waals surface area contributed by atoms with Crippen LogP contribution in [0.15, 0.2) is 34.9 Å². The van der Waals surface area contributed by atoms with E-state index >= 15 is 0 Å². The van der Waals surface area contributed by atoms with Gasteiger partial charge in [-0.25, -0.2) is 0 Å². The summed E-state index contributed by atoms with van der Waals surface area (Å²) in [4.78, 5) is 0. The number of hydrogen-bond acceptors (Lipinski definition) is 2. The number of fused-ring (bicyclic) bond motifs is 1. The van der Waals surface area contributed by atoms with Gasteiger partial charge in [0.2, 0.25) is 0 Å². The Bertz CT molecular complexity index is 542. The molecule has 17 heavy (non-hydrogen) atoms. The van der Waals surface area contributed by atoms with Crippen LogP contribution in [0.2, 0.25) is 0 Å². The number of methoxy groups -OCH3 is 1. The van der Waals surface area contributed by atoms with Crippen LogP contribution in [0, 0.1) is 0 Å². The van der Waals surface area contributed by atoms with Crippen LogP contribution in [0.3, 0.4) is 0 Å². The number of rotatable bonds is 2. The monoisotopic (exact) mass is 230 g/mol. The van der Waals surface area contributed by atoms with Crippen molar-refractivity contribution in [1.29, 1.82) is 0 Å². The average Bonchev–Trinajstić information content (AvgIpc) is 2.66. The highest BCUT2D eigenvalue weighted by Crippen LogP contribution is 2.28. The van der Waals surface area contributed by atoms with Crippen molar-refractivity contribution < 1.29 is 9.15 Å². The Labute approximate surface area is 102 Å². The highest BCUT2D eigenvalue weighted by molar-refractivity contribution is 5.80. The minimum Gasteiger partial charge on any atom is -0.504 e. The molecule has 1 aromatic carbocycles. The highest BCUT2D eigenvalue weighted by atomic mass is 16.5. The Morgan fingerprint density at radius 2 is 1.94 bits per heavy atom. The van der Waals surface area contributed by atoms with Crippen molar-refractivity contribution in [3.8, 4) is 0 Å². The van der Waals surface area contributed by atoms with Gasteiger partial charge in [-0.15, -0.1) is 0 Å². The predicted octanol–water partition coefficient (Wildman–Crippen LogP) is 4.35. The van der Waals surface area contributed by atoms with Crippen molar-refractivity contribution in [2.75, 3.05) is 7.11 Å². The highest BCUT2D eigenvalue weighted by Gasteiger charge is 2.14. The van der Waals surface area contributed by atoms with Crippen molar-refractivity contribution in [1.82, 2.24) is 0 Å². The van der Waals surface area contributed by atoms with Crippen LogP contribution in [0.25, 0.3) is 17.0 Å². The topological polar surface area (TPSA) is 22.4 Å². The number of benzene rings is 1. The molecular formula is C15H18O2. The van der Waals surface area contributed by atoms with E-state index in [4.69, 9.17) is 9.15 Å². The lowest BCUT2D eigenvalue weighted by Gasteiger charge is -2.18. The van der Waals surface area contributed by atoms with Crippen LogP contribution in [-0.4, -0.2) is 7.11 Å². The second kappa shape index (κ2) is 4.28. The first kappa shape index (κ1) is 11.8. The van der Waals surface area contributed by atoms with E-state index in [1.807, 2.05) is 12.1 Å². The SMILES string of the molecule is CO/C=C/c1cc2ccc(C(C)(C)C)cc2o1. The molecule has 1 heterocycles. The van der Waals surface area contributed by atoms with Gasteiger partial charge in [-0.1, -0.05) is 32.9 Å². The summed E-state index contributed by atoms with van der Waals surface area (Å²) in [5.41, 5.74) is 2.35. The minimum atomic E-state index is 0.142. The molecule has 2 aromatic rings. The molecule has 0 radical (unpaired) electrons. The van der Waals surface area contributed by atoms with Crippen LogP contribution in [0.5, 0.6) is 0 Å². The quantitative estimate of drug-likeness (QED) is 0.716. The summed E-state index contributed by atoms with van der Waals surface area (Å²) >= 11 is 0. The lowest BCUT2D eigenvalue weighted by molar-refractivity contribution is 0.340. The molecule has 0 aliphatic rings. The van der Waals surface area contributed by atoms with E-state index in [1.54, 1.807) is 13.4 Å². The maximum Gasteiger partial charge on any atom is 0.135 e. The third-order valence-corrected chi connectivity index (χ3v) is 2.77. The second-order valence-electron chi connectivity index (χ2n) is 5.19. The minimum absolute atomic E-state index is 0.142. The Morgan fingerprint density at radius 3 is 2.59 bits per heavy atom. The molecule has 0 aliphatic carbocycles. The average molecular weight is 230 g/mol. The lowest BCUT2D eigenvalue weighted by atomic mass is 9.87. The molecule has 2 nitrogen and oxygen atoms in total. The molecule has 90 valence electrons. The summed E-state index contributed by atoms with van der Waals surface area (Å²) < 4.78 is 10.6. The van der Waals surface area contributed by atoms with Crippen LogP contribution in [0.4, 0.5) is 0 Å². The van der Waals surface area contributed by atoms with Crippen molar-refractivity contribution in [2.24, 2.45) is 0 Å². The molecule has 0 saturated carbocycles. The van der Waals surface area contributed by atoms with Crippen LogP contribution >= 0.6 is 0 Å². The zero-order valence-corrected chi connectivity index (χ0v) is 10.8. The third-order valence-electron chi connectivity index (χ3n) is 2.77. The molecule has 0 saturated heterocycles. The van der Waals surface area contributed by atoms with E-state index in [9.17, 15) is 0 Å². The number of furan rings is 1. The molecule has 0 unspecified atom stereocenters. The van der Waals surface area contributed by atoms with Gasteiger partial charge >= 0.3 is 0 Å². The first-order chi connectivity index (χ1) is 8.00. The fourth-order valence-electron chi connectivity index (χ4n) is 1.74. The Hall–Kier alpha value is -1.70. The van der Waals surface area contributed by atoms with Crippen LogP contribution in [0.1, 0.15) is 32.1 Å². The van der Waals surface area contributed by atoms with Crippen molar-refractivity contribution in [2.45, 2.75) is 26.2 Å². The van der Waals surface area contributed by atoms with E-state index < -0.39 is 0 Å². The van der Waals surface area contributed by atoms with E-state index in [-0.39, 0.29) is 5.41 Å². The lowest BCUT2D eigenvalue weighted by Crippen LogP contribution is -2.10. The van der Waals surface area contributed by atoms with Crippen molar-refractivity contribution >= 4 is 17.0 Å². The molecule has 2 rings (SSSR count). The summed E-state index contributed by atoms with van der Waals surface area (Å²) in [6, 6.07) is 8.38. The molecule has 0 atom stereocenters. The number of hydrogen-bond donors (Lipinski definition) is 0. The van der Waals surface area contributed by atoms with Crippen LogP contribution < -0.4 is 0 Å². The van der Waals surface area contributed by atoms with E-state index in [0.29, 0.717) is 0 Å². The predicted molar refractivity (Wildman–Crippen MR) is 71.0 cm³/mol. The maximum absolute atomic E-state index is 5.74. The largest absolute Gasteiger partial charge is 0.504 e. The van der Waals surface area contributed by atoms with Gasteiger partial charge in [0.15, 0.2) is 0 Å². The molecular weight excluding hydrogens is 212 g/mol. The van der Waals surface area contributed by atoms with Gasteiger partial charge in [-0.3, -0.25) is 0 Å². The van der Waals surface area contributed by atoms with E-state index in [0.717, 1.165) is 16.7 Å². The van der Waals surface area contributed by atoms with Gasteiger partial charge in [0.25, 0.3) is 0 Å². The van der Waals surface area contributed by atoms with Gasteiger partial charge in [-0.05, 0) is 23.1 Å². The Balaban J connectivity index is 2.44. The third kappa shape index (κ3) is 2.52. The molecule has 0 bridgehead atoms. The molecule has 0 amide bonds. The van der Waals surface area contributed by atoms with Gasteiger partial charge in [0.05, 0.1) is 13.4 Å². The van der Waals surface area contributed by atoms with Gasteiger partial charge in [-0.2, -0.15) is 0 Å². The summed E-state index contributed by atoms with van der Waals surface area (Å²) in [5.74, 6) is 0.813. The molecule has 2 heteroatoms. The first-order valence-corrected chi connectivity index (χ1v) is 5.74. The van der Waals surface area contributed by atoms with Gasteiger partial charge < -0.3 is 9.15 Å². The summed E-state index contributed by atoms with van der Waals surface area (Å²) in [5, 5.41) is 1.12. The Morgan fingerprint density at radius 1 is 1.18 bits per heavy atom. The second-order valence-corrected chi connectivity index (χ2v) is 5.19. The molecule has 0 spiro atoms. The first-order valence-electron chi connectivity index (χ1n) is 5.74. The van der Waals surface area contributed by atoms with E-state index in [1.165, 1.54) is 5.56 Å². The maximum atomic E-state index is 5.74. The summed E-state index contributed by atoms with van der Waals surface area (Å²) in [7, 11) is 1.62. The molecule has 1 aromatic heterocycles. The Kier molecular flexibility index (Phi) is 2.97. The molecule has 0 fully saturated rings. The van der Waals surface area contributed by atoms with Gasteiger partial charge in [0, 0.05) is 11.5 Å². The van der Waals surface area contributed by atoms with Crippen LogP contribution in [-0.2, 0) is 10.2 Å². The van der Waals surface area contributed by atoms with Crippen molar-refractivity contribution in [3.05, 3.63) is 41.9 Å². The standard InChI is InChI=1S/C15H18O2/c1-15(2,3)12-6-5-11-9-13(7-8-16-4)17-14(11)10-12/h5-10H,1-4H3/b8-7+. The smallest absolute Gasteiger partial charge is 0.135 e. The fourth-order valence-corrected chi connectivity index (χ4v) is 1.74. The van der Waals surface area contributed by atoms with Gasteiger partial charge in [0.1, 0.15) is 11.3 Å². The molecule has 0 aliphatic heterocycles. The van der Waals surface area contributed by atoms with Crippen molar-refractivity contribution in [3.63, 3.8) is 0 Å². The fraction of sp³-hybridized carbons (Fsp3) is 0.333. The zero-order chi connectivity index (χ0) is 12.5. The normalized spacial score (nSPS) is 12.5. The summed E-state index contributed by atoms with van der Waals surface area (Å²) in [6.07, 6.45) is 3.43. The van der Waals surface area contributed by atoms with E-state index in [2.05, 4.69) is 39.0 Å².